The summed E-state index contributed by atoms with van der Waals surface area (Å²) in [5.74, 6) is 0.751. The van der Waals surface area contributed by atoms with Gasteiger partial charge in [-0.05, 0) is 44.1 Å². The minimum absolute atomic E-state index is 0.486. The van der Waals surface area contributed by atoms with Crippen molar-refractivity contribution in [2.75, 3.05) is 13.1 Å². The van der Waals surface area contributed by atoms with Gasteiger partial charge in [0.25, 0.3) is 0 Å². The standard InChI is InChI=1S/C17H19ClN6S/c18-15-3-1-2-4-16(15)24-10-7-13(22-24)11-25-17-21-20-12-23(17)14-5-8-19-9-6-14/h1-4,7,10,12,14,19H,5-6,8-9,11H2. The zero-order chi connectivity index (χ0) is 17.1. The molecule has 2 aromatic heterocycles. The maximum Gasteiger partial charge on any atom is 0.191 e. The quantitative estimate of drug-likeness (QED) is 0.694. The summed E-state index contributed by atoms with van der Waals surface area (Å²) in [5.41, 5.74) is 1.88. The van der Waals surface area contributed by atoms with Crippen LogP contribution in [0.5, 0.6) is 0 Å². The Morgan fingerprint density at radius 2 is 2.04 bits per heavy atom. The molecule has 0 amide bonds. The molecule has 0 aliphatic carbocycles. The zero-order valence-corrected chi connectivity index (χ0v) is 15.2. The molecule has 1 aromatic carbocycles. The van der Waals surface area contributed by atoms with Gasteiger partial charge in [0, 0.05) is 18.0 Å². The first kappa shape index (κ1) is 16.6. The van der Waals surface area contributed by atoms with Crippen molar-refractivity contribution in [3.8, 4) is 5.69 Å². The van der Waals surface area contributed by atoms with Gasteiger partial charge < -0.3 is 9.88 Å². The highest BCUT2D eigenvalue weighted by Gasteiger charge is 2.18. The number of halogens is 1. The van der Waals surface area contributed by atoms with Crippen molar-refractivity contribution in [3.05, 3.63) is 53.6 Å². The fraction of sp³-hybridized carbons (Fsp3) is 0.353. The van der Waals surface area contributed by atoms with Crippen molar-refractivity contribution in [1.82, 2.24) is 29.9 Å². The van der Waals surface area contributed by atoms with E-state index in [1.807, 2.05) is 47.5 Å². The van der Waals surface area contributed by atoms with E-state index in [0.717, 1.165) is 48.2 Å². The maximum absolute atomic E-state index is 6.24. The molecule has 3 heterocycles. The monoisotopic (exact) mass is 374 g/mol. The number of para-hydroxylation sites is 1. The predicted molar refractivity (Wildman–Crippen MR) is 99.3 cm³/mol. The number of hydrogen-bond acceptors (Lipinski definition) is 5. The Hall–Kier alpha value is -1.83. The van der Waals surface area contributed by atoms with E-state index in [0.29, 0.717) is 11.1 Å². The first-order valence-corrected chi connectivity index (χ1v) is 9.70. The lowest BCUT2D eigenvalue weighted by atomic mass is 10.1. The van der Waals surface area contributed by atoms with E-state index < -0.39 is 0 Å². The highest BCUT2D eigenvalue weighted by molar-refractivity contribution is 7.98. The molecule has 0 radical (unpaired) electrons. The molecule has 1 fully saturated rings. The molecule has 0 bridgehead atoms. The lowest BCUT2D eigenvalue weighted by Gasteiger charge is -2.24. The van der Waals surface area contributed by atoms with E-state index in [1.165, 1.54) is 0 Å². The Morgan fingerprint density at radius 1 is 1.20 bits per heavy atom. The summed E-state index contributed by atoms with van der Waals surface area (Å²) in [5, 5.41) is 18.1. The van der Waals surface area contributed by atoms with Gasteiger partial charge in [-0.1, -0.05) is 35.5 Å². The van der Waals surface area contributed by atoms with E-state index in [4.69, 9.17) is 11.6 Å². The van der Waals surface area contributed by atoms with E-state index in [1.54, 1.807) is 11.8 Å². The second-order valence-electron chi connectivity index (χ2n) is 5.99. The largest absolute Gasteiger partial charge is 0.317 e. The molecular formula is C17H19ClN6S. The predicted octanol–water partition coefficient (Wildman–Crippen LogP) is 3.33. The molecule has 1 N–H and O–H groups in total. The molecule has 0 spiro atoms. The third-order valence-corrected chi connectivity index (χ3v) is 5.65. The van der Waals surface area contributed by atoms with Crippen LogP contribution < -0.4 is 5.32 Å². The van der Waals surface area contributed by atoms with Crippen LogP contribution >= 0.6 is 23.4 Å². The second kappa shape index (κ2) is 7.59. The number of nitrogens with zero attached hydrogens (tertiary/aromatic N) is 5. The van der Waals surface area contributed by atoms with Crippen LogP contribution in [0, 0.1) is 0 Å². The van der Waals surface area contributed by atoms with Crippen LogP contribution in [0.25, 0.3) is 5.69 Å². The fourth-order valence-corrected chi connectivity index (χ4v) is 4.12. The van der Waals surface area contributed by atoms with E-state index in [2.05, 4.69) is 25.2 Å². The smallest absolute Gasteiger partial charge is 0.191 e. The van der Waals surface area contributed by atoms with Crippen LogP contribution in [0.4, 0.5) is 0 Å². The van der Waals surface area contributed by atoms with Gasteiger partial charge in [-0.3, -0.25) is 0 Å². The van der Waals surface area contributed by atoms with Crippen LogP contribution in [0.15, 0.2) is 48.0 Å². The maximum atomic E-state index is 6.24. The van der Waals surface area contributed by atoms with Gasteiger partial charge in [0.15, 0.2) is 5.16 Å². The highest BCUT2D eigenvalue weighted by Crippen LogP contribution is 2.27. The number of aromatic nitrogens is 5. The molecule has 0 saturated carbocycles. The van der Waals surface area contributed by atoms with Crippen LogP contribution in [-0.2, 0) is 5.75 Å². The van der Waals surface area contributed by atoms with Gasteiger partial charge in [-0.15, -0.1) is 10.2 Å². The first-order valence-electron chi connectivity index (χ1n) is 8.34. The number of rotatable bonds is 5. The Kier molecular flexibility index (Phi) is 5.05. The lowest BCUT2D eigenvalue weighted by Crippen LogP contribution is -2.29. The molecule has 130 valence electrons. The minimum Gasteiger partial charge on any atom is -0.317 e. The van der Waals surface area contributed by atoms with Crippen LogP contribution in [0.1, 0.15) is 24.6 Å². The van der Waals surface area contributed by atoms with E-state index in [9.17, 15) is 0 Å². The topological polar surface area (TPSA) is 60.6 Å². The number of benzene rings is 1. The summed E-state index contributed by atoms with van der Waals surface area (Å²) < 4.78 is 4.02. The molecule has 4 rings (SSSR count). The second-order valence-corrected chi connectivity index (χ2v) is 7.34. The van der Waals surface area contributed by atoms with Crippen LogP contribution in [0.2, 0.25) is 5.02 Å². The SMILES string of the molecule is Clc1ccccc1-n1ccc(CSc2nncn2C2CCNCC2)n1. The molecule has 0 unspecified atom stereocenters. The Labute approximate surface area is 155 Å². The molecule has 1 saturated heterocycles. The van der Waals surface area contributed by atoms with Gasteiger partial charge >= 0.3 is 0 Å². The van der Waals surface area contributed by atoms with Gasteiger partial charge in [-0.2, -0.15) is 5.10 Å². The fourth-order valence-electron chi connectivity index (χ4n) is 3.02. The van der Waals surface area contributed by atoms with Crippen LogP contribution in [-0.4, -0.2) is 37.6 Å². The summed E-state index contributed by atoms with van der Waals surface area (Å²) in [4.78, 5) is 0. The molecule has 6 nitrogen and oxygen atoms in total. The van der Waals surface area contributed by atoms with Crippen molar-refractivity contribution in [2.45, 2.75) is 29.8 Å². The number of piperidine rings is 1. The summed E-state index contributed by atoms with van der Waals surface area (Å²) in [7, 11) is 0. The highest BCUT2D eigenvalue weighted by atomic mass is 35.5. The first-order chi connectivity index (χ1) is 12.3. The average molecular weight is 375 g/mol. The van der Waals surface area contributed by atoms with E-state index in [-0.39, 0.29) is 0 Å². The third-order valence-electron chi connectivity index (χ3n) is 4.34. The molecule has 25 heavy (non-hydrogen) atoms. The Balaban J connectivity index is 1.44. The van der Waals surface area contributed by atoms with Gasteiger partial charge in [0.05, 0.1) is 16.4 Å². The van der Waals surface area contributed by atoms with Gasteiger partial charge in [-0.25, -0.2) is 4.68 Å². The Bertz CT molecular complexity index is 839. The number of hydrogen-bond donors (Lipinski definition) is 1. The van der Waals surface area contributed by atoms with E-state index >= 15 is 0 Å². The van der Waals surface area contributed by atoms with Gasteiger partial charge in [0.2, 0.25) is 0 Å². The molecule has 8 heteroatoms. The lowest BCUT2D eigenvalue weighted by molar-refractivity contribution is 0.350. The van der Waals surface area contributed by atoms with Crippen molar-refractivity contribution >= 4 is 23.4 Å². The minimum atomic E-state index is 0.486. The number of nitrogens with one attached hydrogen (secondary N) is 1. The zero-order valence-electron chi connectivity index (χ0n) is 13.7. The average Bonchev–Trinajstić information content (AvgIpc) is 3.30. The van der Waals surface area contributed by atoms with Gasteiger partial charge in [0.1, 0.15) is 6.33 Å². The summed E-state index contributed by atoms with van der Waals surface area (Å²) in [6.45, 7) is 2.10. The Morgan fingerprint density at radius 3 is 2.88 bits per heavy atom. The third kappa shape index (κ3) is 3.73. The molecule has 3 aromatic rings. The van der Waals surface area contributed by atoms with Crippen molar-refractivity contribution in [2.24, 2.45) is 0 Å². The van der Waals surface area contributed by atoms with Crippen molar-refractivity contribution in [1.29, 1.82) is 0 Å². The molecule has 0 atom stereocenters. The van der Waals surface area contributed by atoms with Crippen LogP contribution in [0.3, 0.4) is 0 Å². The summed E-state index contributed by atoms with van der Waals surface area (Å²) in [6.07, 6.45) is 6.02. The van der Waals surface area contributed by atoms with Crippen molar-refractivity contribution in [3.63, 3.8) is 0 Å². The molecular weight excluding hydrogens is 356 g/mol. The summed E-state index contributed by atoms with van der Waals surface area (Å²) >= 11 is 7.91. The number of thioether (sulfide) groups is 1. The summed E-state index contributed by atoms with van der Waals surface area (Å²) in [6, 6.07) is 10.2. The normalized spacial score (nSPS) is 15.6. The molecule has 1 aliphatic heterocycles. The van der Waals surface area contributed by atoms with Crippen molar-refractivity contribution < 1.29 is 0 Å². The molecule has 1 aliphatic rings.